The van der Waals surface area contributed by atoms with Gasteiger partial charge >= 0.3 is 0 Å². The first-order valence-electron chi connectivity index (χ1n) is 9.37. The third-order valence-electron chi connectivity index (χ3n) is 5.13. The van der Waals surface area contributed by atoms with Crippen molar-refractivity contribution in [2.24, 2.45) is 5.92 Å². The fourth-order valence-electron chi connectivity index (χ4n) is 3.74. The molecule has 1 nitrogen and oxygen atoms in total. The van der Waals surface area contributed by atoms with E-state index in [4.69, 9.17) is 0 Å². The molecule has 0 aromatic heterocycles. The van der Waals surface area contributed by atoms with Gasteiger partial charge in [0, 0.05) is 19.1 Å². The van der Waals surface area contributed by atoms with Gasteiger partial charge in [-0.25, -0.2) is 4.39 Å². The van der Waals surface area contributed by atoms with Crippen LogP contribution >= 0.6 is 0 Å². The summed E-state index contributed by atoms with van der Waals surface area (Å²) < 4.78 is 13.4. The molecule has 3 aromatic carbocycles. The van der Waals surface area contributed by atoms with E-state index in [-0.39, 0.29) is 5.82 Å². The molecule has 0 spiro atoms. The molecule has 0 bridgehead atoms. The SMILES string of the molecule is Fc1ccc([C@@H](C2CC2)N(Cc2ccccc2)Cc2ccccc2)cc1. The van der Waals surface area contributed by atoms with Crippen LogP contribution in [0.15, 0.2) is 84.9 Å². The molecule has 0 saturated heterocycles. The lowest BCUT2D eigenvalue weighted by atomic mass is 9.98. The summed E-state index contributed by atoms with van der Waals surface area (Å²) in [5.74, 6) is 0.494. The second kappa shape index (κ2) is 7.84. The Morgan fingerprint density at radius 3 is 1.69 bits per heavy atom. The second-order valence-electron chi connectivity index (χ2n) is 7.21. The van der Waals surface area contributed by atoms with E-state index >= 15 is 0 Å². The number of benzene rings is 3. The molecule has 0 radical (unpaired) electrons. The first-order chi connectivity index (χ1) is 12.8. The number of rotatable bonds is 7. The smallest absolute Gasteiger partial charge is 0.123 e. The van der Waals surface area contributed by atoms with E-state index in [0.717, 1.165) is 13.1 Å². The zero-order valence-electron chi connectivity index (χ0n) is 14.9. The Hall–Kier alpha value is -2.45. The number of halogens is 1. The molecule has 0 N–H and O–H groups in total. The maximum Gasteiger partial charge on any atom is 0.123 e. The van der Waals surface area contributed by atoms with Gasteiger partial charge in [0.1, 0.15) is 5.82 Å². The van der Waals surface area contributed by atoms with E-state index in [9.17, 15) is 4.39 Å². The summed E-state index contributed by atoms with van der Waals surface area (Å²) in [7, 11) is 0. The molecule has 4 rings (SSSR count). The fourth-order valence-corrected chi connectivity index (χ4v) is 3.74. The zero-order chi connectivity index (χ0) is 17.8. The molecule has 2 heteroatoms. The fraction of sp³-hybridized carbons (Fsp3) is 0.250. The van der Waals surface area contributed by atoms with E-state index in [0.29, 0.717) is 12.0 Å². The van der Waals surface area contributed by atoms with Crippen LogP contribution in [-0.2, 0) is 13.1 Å². The third kappa shape index (κ3) is 4.20. The molecular weight excluding hydrogens is 321 g/mol. The van der Waals surface area contributed by atoms with Gasteiger partial charge in [-0.2, -0.15) is 0 Å². The van der Waals surface area contributed by atoms with Gasteiger partial charge in [-0.15, -0.1) is 0 Å². The standard InChI is InChI=1S/C24H24FN/c25-23-15-13-22(14-16-23)24(21-11-12-21)26(17-19-7-3-1-4-8-19)18-20-9-5-2-6-10-20/h1-10,13-16,21,24H,11-12,17-18H2/t24-/m1/s1. The minimum Gasteiger partial charge on any atom is -0.288 e. The molecule has 1 saturated carbocycles. The average molecular weight is 345 g/mol. The number of hydrogen-bond acceptors (Lipinski definition) is 1. The van der Waals surface area contributed by atoms with Crippen molar-refractivity contribution in [2.45, 2.75) is 32.0 Å². The van der Waals surface area contributed by atoms with Gasteiger partial charge in [-0.1, -0.05) is 72.8 Å². The van der Waals surface area contributed by atoms with Crippen LogP contribution in [0.5, 0.6) is 0 Å². The molecule has 132 valence electrons. The lowest BCUT2D eigenvalue weighted by Gasteiger charge is -2.33. The number of hydrogen-bond donors (Lipinski definition) is 0. The normalized spacial score (nSPS) is 15.2. The summed E-state index contributed by atoms with van der Waals surface area (Å²) in [6.45, 7) is 1.79. The van der Waals surface area contributed by atoms with E-state index in [1.165, 1.54) is 29.5 Å². The Bertz CT molecular complexity index is 768. The Morgan fingerprint density at radius 1 is 0.731 bits per heavy atom. The predicted octanol–water partition coefficient (Wildman–Crippen LogP) is 5.98. The Balaban J connectivity index is 1.65. The topological polar surface area (TPSA) is 3.24 Å². The van der Waals surface area contributed by atoms with Gasteiger partial charge in [0.15, 0.2) is 0 Å². The molecule has 1 atom stereocenters. The molecule has 1 aliphatic carbocycles. The van der Waals surface area contributed by atoms with Crippen molar-refractivity contribution in [3.05, 3.63) is 107 Å². The van der Waals surface area contributed by atoms with Crippen LogP contribution in [0.3, 0.4) is 0 Å². The van der Waals surface area contributed by atoms with Gasteiger partial charge in [0.25, 0.3) is 0 Å². The maximum atomic E-state index is 13.4. The molecule has 0 aliphatic heterocycles. The maximum absolute atomic E-state index is 13.4. The highest BCUT2D eigenvalue weighted by molar-refractivity contribution is 5.24. The van der Waals surface area contributed by atoms with E-state index in [2.05, 4.69) is 65.6 Å². The molecule has 1 fully saturated rings. The third-order valence-corrected chi connectivity index (χ3v) is 5.13. The highest BCUT2D eigenvalue weighted by Crippen LogP contribution is 2.45. The van der Waals surface area contributed by atoms with Crippen LogP contribution in [0.1, 0.15) is 35.6 Å². The minimum atomic E-state index is -0.166. The minimum absolute atomic E-state index is 0.166. The van der Waals surface area contributed by atoms with Crippen molar-refractivity contribution in [3.63, 3.8) is 0 Å². The molecule has 0 unspecified atom stereocenters. The quantitative estimate of drug-likeness (QED) is 0.509. The molecule has 3 aromatic rings. The summed E-state index contributed by atoms with van der Waals surface area (Å²) in [6.07, 6.45) is 2.50. The molecule has 0 heterocycles. The van der Waals surface area contributed by atoms with Gasteiger partial charge in [-0.3, -0.25) is 4.90 Å². The summed E-state index contributed by atoms with van der Waals surface area (Å²) in [5.41, 5.74) is 3.85. The predicted molar refractivity (Wildman–Crippen MR) is 104 cm³/mol. The van der Waals surface area contributed by atoms with Gasteiger partial charge in [-0.05, 0) is 47.6 Å². The van der Waals surface area contributed by atoms with Crippen molar-refractivity contribution in [1.82, 2.24) is 4.90 Å². The molecule has 1 aliphatic rings. The van der Waals surface area contributed by atoms with Crippen molar-refractivity contribution in [2.75, 3.05) is 0 Å². The lowest BCUT2D eigenvalue weighted by Crippen LogP contribution is -2.29. The van der Waals surface area contributed by atoms with E-state index in [1.807, 2.05) is 12.1 Å². The Kier molecular flexibility index (Phi) is 5.12. The first kappa shape index (κ1) is 17.0. The van der Waals surface area contributed by atoms with Gasteiger partial charge in [0.2, 0.25) is 0 Å². The monoisotopic (exact) mass is 345 g/mol. The summed E-state index contributed by atoms with van der Waals surface area (Å²) >= 11 is 0. The Labute approximate surface area is 155 Å². The van der Waals surface area contributed by atoms with Crippen LogP contribution in [-0.4, -0.2) is 4.90 Å². The van der Waals surface area contributed by atoms with Crippen molar-refractivity contribution in [3.8, 4) is 0 Å². The first-order valence-corrected chi connectivity index (χ1v) is 9.37. The summed E-state index contributed by atoms with van der Waals surface area (Å²) in [4.78, 5) is 2.55. The molecular formula is C24H24FN. The largest absolute Gasteiger partial charge is 0.288 e. The molecule has 0 amide bonds. The highest BCUT2D eigenvalue weighted by atomic mass is 19.1. The van der Waals surface area contributed by atoms with Crippen molar-refractivity contribution in [1.29, 1.82) is 0 Å². The van der Waals surface area contributed by atoms with Crippen LogP contribution in [0.4, 0.5) is 4.39 Å². The Morgan fingerprint density at radius 2 is 1.23 bits per heavy atom. The van der Waals surface area contributed by atoms with Gasteiger partial charge < -0.3 is 0 Å². The van der Waals surface area contributed by atoms with Crippen LogP contribution in [0, 0.1) is 11.7 Å². The summed E-state index contributed by atoms with van der Waals surface area (Å²) in [5, 5.41) is 0. The van der Waals surface area contributed by atoms with Gasteiger partial charge in [0.05, 0.1) is 0 Å². The summed E-state index contributed by atoms with van der Waals surface area (Å²) in [6, 6.07) is 28.7. The van der Waals surface area contributed by atoms with E-state index < -0.39 is 0 Å². The second-order valence-corrected chi connectivity index (χ2v) is 7.21. The van der Waals surface area contributed by atoms with E-state index in [1.54, 1.807) is 12.1 Å². The highest BCUT2D eigenvalue weighted by Gasteiger charge is 2.36. The van der Waals surface area contributed by atoms with Crippen LogP contribution in [0.2, 0.25) is 0 Å². The van der Waals surface area contributed by atoms with Crippen LogP contribution in [0.25, 0.3) is 0 Å². The average Bonchev–Trinajstić information content (AvgIpc) is 3.50. The van der Waals surface area contributed by atoms with Crippen LogP contribution < -0.4 is 0 Å². The van der Waals surface area contributed by atoms with Crippen molar-refractivity contribution >= 4 is 0 Å². The molecule has 26 heavy (non-hydrogen) atoms. The number of nitrogens with zero attached hydrogens (tertiary/aromatic N) is 1. The van der Waals surface area contributed by atoms with Crippen molar-refractivity contribution < 1.29 is 4.39 Å². The lowest BCUT2D eigenvalue weighted by molar-refractivity contribution is 0.159. The zero-order valence-corrected chi connectivity index (χ0v) is 14.9.